The predicted octanol–water partition coefficient (Wildman–Crippen LogP) is 3.83. The second-order valence-electron chi connectivity index (χ2n) is 4.52. The van der Waals surface area contributed by atoms with Crippen molar-refractivity contribution in [1.82, 2.24) is 5.32 Å². The van der Waals surface area contributed by atoms with Gasteiger partial charge >= 0.3 is 0 Å². The smallest absolute Gasteiger partial charge is 0.126 e. The Bertz CT molecular complexity index is 483. The molecule has 0 aliphatic carbocycles. The van der Waals surface area contributed by atoms with Crippen LogP contribution in [0.5, 0.6) is 0 Å². The van der Waals surface area contributed by atoms with E-state index in [9.17, 15) is 0 Å². The number of hydrogen-bond acceptors (Lipinski definition) is 4. The molecule has 2 unspecified atom stereocenters. The minimum atomic E-state index is 0.0150. The standard InChI is InChI=1S/C14H18ClNO2S/c1-10(4-2-8-17)16-14(11-5-3-9-18-11)12-6-7-13(15)19-12/h3,5-7,9-10,14,16-17H,2,4,8H2,1H3. The largest absolute Gasteiger partial charge is 0.467 e. The van der Waals surface area contributed by atoms with Crippen molar-refractivity contribution in [2.75, 3.05) is 6.61 Å². The average Bonchev–Trinajstić information content (AvgIpc) is 3.04. The first kappa shape index (κ1) is 14.6. The van der Waals surface area contributed by atoms with Crippen molar-refractivity contribution in [2.24, 2.45) is 0 Å². The fourth-order valence-electron chi connectivity index (χ4n) is 2.01. The molecule has 104 valence electrons. The minimum absolute atomic E-state index is 0.0150. The third-order valence-electron chi connectivity index (χ3n) is 2.95. The van der Waals surface area contributed by atoms with Gasteiger partial charge in [-0.05, 0) is 44.0 Å². The Morgan fingerprint density at radius 2 is 2.26 bits per heavy atom. The summed E-state index contributed by atoms with van der Waals surface area (Å²) in [5.74, 6) is 0.884. The summed E-state index contributed by atoms with van der Waals surface area (Å²) >= 11 is 7.57. The first-order valence-electron chi connectivity index (χ1n) is 6.36. The molecule has 0 saturated carbocycles. The van der Waals surface area contributed by atoms with Crippen LogP contribution in [0.25, 0.3) is 0 Å². The second kappa shape index (κ2) is 7.10. The Hall–Kier alpha value is -0.810. The summed E-state index contributed by atoms with van der Waals surface area (Å²) in [7, 11) is 0. The van der Waals surface area contributed by atoms with Crippen LogP contribution in [0, 0.1) is 0 Å². The van der Waals surface area contributed by atoms with Crippen LogP contribution in [0.1, 0.15) is 36.4 Å². The summed E-state index contributed by atoms with van der Waals surface area (Å²) in [6.07, 6.45) is 3.40. The number of furan rings is 1. The van der Waals surface area contributed by atoms with E-state index in [0.29, 0.717) is 6.04 Å². The van der Waals surface area contributed by atoms with Crippen LogP contribution in [0.3, 0.4) is 0 Å². The number of nitrogens with one attached hydrogen (secondary N) is 1. The molecule has 3 nitrogen and oxygen atoms in total. The van der Waals surface area contributed by atoms with Crippen molar-refractivity contribution in [3.8, 4) is 0 Å². The molecule has 0 amide bonds. The second-order valence-corrected chi connectivity index (χ2v) is 6.27. The van der Waals surface area contributed by atoms with E-state index in [1.54, 1.807) is 17.6 Å². The molecular weight excluding hydrogens is 282 g/mol. The van der Waals surface area contributed by atoms with Gasteiger partial charge in [0.1, 0.15) is 11.8 Å². The lowest BCUT2D eigenvalue weighted by molar-refractivity contribution is 0.274. The summed E-state index contributed by atoms with van der Waals surface area (Å²) in [6, 6.07) is 8.08. The van der Waals surface area contributed by atoms with Crippen molar-refractivity contribution >= 4 is 22.9 Å². The fourth-order valence-corrected chi connectivity index (χ4v) is 3.14. The van der Waals surface area contributed by atoms with E-state index >= 15 is 0 Å². The van der Waals surface area contributed by atoms with Crippen molar-refractivity contribution < 1.29 is 9.52 Å². The molecule has 19 heavy (non-hydrogen) atoms. The van der Waals surface area contributed by atoms with Gasteiger partial charge in [-0.3, -0.25) is 0 Å². The Balaban J connectivity index is 2.11. The first-order chi connectivity index (χ1) is 9.20. The molecule has 0 radical (unpaired) electrons. The topological polar surface area (TPSA) is 45.4 Å². The highest BCUT2D eigenvalue weighted by molar-refractivity contribution is 7.16. The van der Waals surface area contributed by atoms with Crippen LogP contribution in [0.2, 0.25) is 4.34 Å². The summed E-state index contributed by atoms with van der Waals surface area (Å²) in [5.41, 5.74) is 0. The number of aliphatic hydroxyl groups is 1. The number of thiophene rings is 1. The Morgan fingerprint density at radius 3 is 2.84 bits per heavy atom. The van der Waals surface area contributed by atoms with Crippen LogP contribution < -0.4 is 5.32 Å². The highest BCUT2D eigenvalue weighted by Gasteiger charge is 2.20. The molecule has 0 bridgehead atoms. The van der Waals surface area contributed by atoms with Gasteiger partial charge in [-0.15, -0.1) is 11.3 Å². The molecular formula is C14H18ClNO2S. The molecule has 0 fully saturated rings. The third kappa shape index (κ3) is 4.08. The molecule has 0 aromatic carbocycles. The fraction of sp³-hybridized carbons (Fsp3) is 0.429. The van der Waals surface area contributed by atoms with E-state index in [1.807, 2.05) is 24.3 Å². The van der Waals surface area contributed by atoms with Gasteiger partial charge in [0.2, 0.25) is 0 Å². The van der Waals surface area contributed by atoms with Crippen LogP contribution in [-0.2, 0) is 0 Å². The lowest BCUT2D eigenvalue weighted by Gasteiger charge is -2.20. The number of rotatable bonds is 7. The Kier molecular flexibility index (Phi) is 5.45. The zero-order valence-corrected chi connectivity index (χ0v) is 12.4. The molecule has 2 N–H and O–H groups in total. The van der Waals surface area contributed by atoms with Crippen molar-refractivity contribution in [3.05, 3.63) is 45.5 Å². The molecule has 2 aromatic rings. The lowest BCUT2D eigenvalue weighted by atomic mass is 10.1. The maximum Gasteiger partial charge on any atom is 0.126 e. The van der Waals surface area contributed by atoms with Gasteiger partial charge in [-0.25, -0.2) is 0 Å². The molecule has 2 heterocycles. The van der Waals surface area contributed by atoms with E-state index < -0.39 is 0 Å². The summed E-state index contributed by atoms with van der Waals surface area (Å²) < 4.78 is 6.29. The van der Waals surface area contributed by atoms with E-state index in [1.165, 1.54) is 0 Å². The third-order valence-corrected chi connectivity index (χ3v) is 4.25. The lowest BCUT2D eigenvalue weighted by Crippen LogP contribution is -2.30. The van der Waals surface area contributed by atoms with Crippen LogP contribution in [-0.4, -0.2) is 17.8 Å². The van der Waals surface area contributed by atoms with Gasteiger partial charge in [0.15, 0.2) is 0 Å². The monoisotopic (exact) mass is 299 g/mol. The highest BCUT2D eigenvalue weighted by Crippen LogP contribution is 2.31. The predicted molar refractivity (Wildman–Crippen MR) is 78.8 cm³/mol. The Labute approximate surface area is 122 Å². The van der Waals surface area contributed by atoms with Gasteiger partial charge in [-0.2, -0.15) is 0 Å². The quantitative estimate of drug-likeness (QED) is 0.816. The van der Waals surface area contributed by atoms with Gasteiger partial charge in [0.05, 0.1) is 10.6 Å². The average molecular weight is 300 g/mol. The summed E-state index contributed by atoms with van der Waals surface area (Å²) in [6.45, 7) is 2.34. The van der Waals surface area contributed by atoms with Gasteiger partial charge in [0, 0.05) is 17.5 Å². The van der Waals surface area contributed by atoms with Crippen molar-refractivity contribution in [1.29, 1.82) is 0 Å². The molecule has 0 aliphatic rings. The van der Waals surface area contributed by atoms with Crippen molar-refractivity contribution in [2.45, 2.75) is 31.8 Å². The molecule has 0 spiro atoms. The molecule has 2 rings (SSSR count). The normalized spacial score (nSPS) is 14.5. The van der Waals surface area contributed by atoms with E-state index in [2.05, 4.69) is 12.2 Å². The number of aliphatic hydroxyl groups excluding tert-OH is 1. The van der Waals surface area contributed by atoms with Crippen molar-refractivity contribution in [3.63, 3.8) is 0 Å². The minimum Gasteiger partial charge on any atom is -0.467 e. The molecule has 2 atom stereocenters. The number of halogens is 1. The SMILES string of the molecule is CC(CCCO)NC(c1ccco1)c1ccc(Cl)s1. The zero-order chi connectivity index (χ0) is 13.7. The Morgan fingerprint density at radius 1 is 1.42 bits per heavy atom. The maximum absolute atomic E-state index is 8.89. The molecule has 0 saturated heterocycles. The first-order valence-corrected chi connectivity index (χ1v) is 7.55. The molecule has 2 aromatic heterocycles. The van der Waals surface area contributed by atoms with Gasteiger partial charge in [-0.1, -0.05) is 11.6 Å². The van der Waals surface area contributed by atoms with Crippen LogP contribution in [0.15, 0.2) is 34.9 Å². The van der Waals surface area contributed by atoms with Gasteiger partial charge in [0.25, 0.3) is 0 Å². The molecule has 0 aliphatic heterocycles. The highest BCUT2D eigenvalue weighted by atomic mass is 35.5. The van der Waals surface area contributed by atoms with Crippen LogP contribution in [0.4, 0.5) is 0 Å². The number of hydrogen-bond donors (Lipinski definition) is 2. The van der Waals surface area contributed by atoms with E-state index in [-0.39, 0.29) is 12.6 Å². The van der Waals surface area contributed by atoms with E-state index in [4.69, 9.17) is 21.1 Å². The molecule has 5 heteroatoms. The summed E-state index contributed by atoms with van der Waals surface area (Å²) in [4.78, 5) is 1.13. The maximum atomic E-state index is 8.89. The van der Waals surface area contributed by atoms with Crippen LogP contribution >= 0.6 is 22.9 Å². The van der Waals surface area contributed by atoms with Gasteiger partial charge < -0.3 is 14.8 Å². The zero-order valence-electron chi connectivity index (χ0n) is 10.8. The van der Waals surface area contributed by atoms with E-state index in [0.717, 1.165) is 27.8 Å². The summed E-state index contributed by atoms with van der Waals surface area (Å²) in [5, 5.41) is 12.4.